The van der Waals surface area contributed by atoms with Crippen LogP contribution in [0.15, 0.2) is 30.5 Å². The maximum atomic E-state index is 6.15. The highest BCUT2D eigenvalue weighted by Crippen LogP contribution is 2.22. The summed E-state index contributed by atoms with van der Waals surface area (Å²) in [5.41, 5.74) is 14.1. The van der Waals surface area contributed by atoms with Gasteiger partial charge in [0.2, 0.25) is 5.95 Å². The Balaban J connectivity index is 1.88. The van der Waals surface area contributed by atoms with Gasteiger partial charge in [0, 0.05) is 24.1 Å². The number of nitrogens with two attached hydrogens (primary N) is 2. The lowest BCUT2D eigenvalue weighted by molar-refractivity contribution is 0.649. The van der Waals surface area contributed by atoms with Gasteiger partial charge < -0.3 is 16.5 Å². The minimum absolute atomic E-state index is 0.261. The molecule has 2 aromatic heterocycles. The van der Waals surface area contributed by atoms with Crippen LogP contribution in [0.3, 0.4) is 0 Å². The molecular weight excluding hydrogens is 240 g/mol. The fourth-order valence-electron chi connectivity index (χ4n) is 2.20. The molecule has 0 unspecified atom stereocenters. The van der Waals surface area contributed by atoms with Gasteiger partial charge in [0.15, 0.2) is 5.82 Å². The summed E-state index contributed by atoms with van der Waals surface area (Å²) in [5, 5.41) is 5.40. The summed E-state index contributed by atoms with van der Waals surface area (Å²) in [4.78, 5) is 7.40. The van der Waals surface area contributed by atoms with Crippen LogP contribution < -0.4 is 11.5 Å². The van der Waals surface area contributed by atoms with Crippen LogP contribution in [0.5, 0.6) is 0 Å². The molecule has 3 aromatic rings. The van der Waals surface area contributed by atoms with Crippen LogP contribution in [0.1, 0.15) is 17.4 Å². The third-order valence-corrected chi connectivity index (χ3v) is 3.26. The maximum Gasteiger partial charge on any atom is 0.218 e. The fourth-order valence-corrected chi connectivity index (χ4v) is 2.20. The SMILES string of the molecule is Cn1nc([C@@H](N)Cc2c[nH]c3ccccc23)nc1N. The smallest absolute Gasteiger partial charge is 0.218 e. The number of para-hydroxylation sites is 1. The van der Waals surface area contributed by atoms with E-state index in [1.165, 1.54) is 10.1 Å². The Morgan fingerprint density at radius 3 is 2.89 bits per heavy atom. The maximum absolute atomic E-state index is 6.15. The van der Waals surface area contributed by atoms with Gasteiger partial charge in [0.1, 0.15) is 0 Å². The van der Waals surface area contributed by atoms with Crippen LogP contribution in [-0.2, 0) is 13.5 Å². The number of nitrogen functional groups attached to an aromatic ring is 1. The number of benzene rings is 1. The highest BCUT2D eigenvalue weighted by molar-refractivity contribution is 5.83. The van der Waals surface area contributed by atoms with Crippen molar-refractivity contribution in [2.24, 2.45) is 12.8 Å². The second kappa shape index (κ2) is 4.40. The van der Waals surface area contributed by atoms with Gasteiger partial charge >= 0.3 is 0 Å². The quantitative estimate of drug-likeness (QED) is 0.654. The Morgan fingerprint density at radius 2 is 2.16 bits per heavy atom. The van der Waals surface area contributed by atoms with Gasteiger partial charge in [-0.25, -0.2) is 4.68 Å². The van der Waals surface area contributed by atoms with E-state index in [4.69, 9.17) is 11.5 Å². The molecular formula is C13H16N6. The van der Waals surface area contributed by atoms with E-state index in [1.54, 1.807) is 7.05 Å². The molecule has 0 radical (unpaired) electrons. The molecule has 1 atom stereocenters. The average molecular weight is 256 g/mol. The number of hydrogen-bond acceptors (Lipinski definition) is 4. The highest BCUT2D eigenvalue weighted by atomic mass is 15.4. The van der Waals surface area contributed by atoms with E-state index >= 15 is 0 Å². The number of rotatable bonds is 3. The van der Waals surface area contributed by atoms with Crippen molar-refractivity contribution in [2.75, 3.05) is 5.73 Å². The predicted octanol–water partition coefficient (Wildman–Crippen LogP) is 1.12. The minimum atomic E-state index is -0.261. The monoisotopic (exact) mass is 256 g/mol. The van der Waals surface area contributed by atoms with Gasteiger partial charge in [-0.1, -0.05) is 18.2 Å². The van der Waals surface area contributed by atoms with Crippen LogP contribution >= 0.6 is 0 Å². The summed E-state index contributed by atoms with van der Waals surface area (Å²) >= 11 is 0. The number of aryl methyl sites for hydroxylation is 1. The number of H-pyrrole nitrogens is 1. The lowest BCUT2D eigenvalue weighted by Gasteiger charge is -2.06. The molecule has 0 amide bonds. The molecule has 0 saturated heterocycles. The molecule has 0 aliphatic heterocycles. The standard InChI is InChI=1S/C13H16N6/c1-19-13(15)17-12(18-19)10(14)6-8-7-16-11-5-3-2-4-9(8)11/h2-5,7,10,16H,6,14H2,1H3,(H2,15,17,18)/t10-/m0/s1. The molecule has 0 aliphatic rings. The molecule has 0 bridgehead atoms. The van der Waals surface area contributed by atoms with Gasteiger partial charge in [0.05, 0.1) is 6.04 Å². The lowest BCUT2D eigenvalue weighted by Crippen LogP contribution is -2.15. The Bertz CT molecular complexity index is 691. The van der Waals surface area contributed by atoms with E-state index in [1.807, 2.05) is 24.4 Å². The van der Waals surface area contributed by atoms with Crippen molar-refractivity contribution in [3.63, 3.8) is 0 Å². The summed E-state index contributed by atoms with van der Waals surface area (Å²) in [6.45, 7) is 0. The predicted molar refractivity (Wildman–Crippen MR) is 74.3 cm³/mol. The lowest BCUT2D eigenvalue weighted by atomic mass is 10.1. The van der Waals surface area contributed by atoms with Crippen LogP contribution in [0.4, 0.5) is 5.95 Å². The molecule has 1 aromatic carbocycles. The first kappa shape index (κ1) is 11.7. The van der Waals surface area contributed by atoms with E-state index < -0.39 is 0 Å². The second-order valence-corrected chi connectivity index (χ2v) is 4.62. The third kappa shape index (κ3) is 2.06. The van der Waals surface area contributed by atoms with Crippen molar-refractivity contribution in [3.8, 4) is 0 Å². The Labute approximate surface area is 110 Å². The van der Waals surface area contributed by atoms with Gasteiger partial charge in [-0.2, -0.15) is 10.1 Å². The van der Waals surface area contributed by atoms with Crippen molar-refractivity contribution in [1.29, 1.82) is 0 Å². The number of aromatic nitrogens is 4. The molecule has 5 N–H and O–H groups in total. The molecule has 6 heteroatoms. The van der Waals surface area contributed by atoms with Gasteiger partial charge in [-0.15, -0.1) is 0 Å². The highest BCUT2D eigenvalue weighted by Gasteiger charge is 2.15. The normalized spacial score (nSPS) is 12.9. The van der Waals surface area contributed by atoms with E-state index in [0.717, 1.165) is 11.1 Å². The minimum Gasteiger partial charge on any atom is -0.368 e. The first-order valence-electron chi connectivity index (χ1n) is 6.12. The summed E-state index contributed by atoms with van der Waals surface area (Å²) in [7, 11) is 1.75. The number of fused-ring (bicyclic) bond motifs is 1. The summed E-state index contributed by atoms with van der Waals surface area (Å²) < 4.78 is 1.53. The molecule has 0 spiro atoms. The first-order valence-corrected chi connectivity index (χ1v) is 6.12. The Kier molecular flexibility index (Phi) is 2.72. The topological polar surface area (TPSA) is 98.5 Å². The van der Waals surface area contributed by atoms with E-state index in [9.17, 15) is 0 Å². The molecule has 0 fully saturated rings. The van der Waals surface area contributed by atoms with Crippen LogP contribution in [-0.4, -0.2) is 19.7 Å². The zero-order valence-corrected chi connectivity index (χ0v) is 10.7. The first-order chi connectivity index (χ1) is 9.15. The van der Waals surface area contributed by atoms with Crippen LogP contribution in [0.2, 0.25) is 0 Å². The van der Waals surface area contributed by atoms with Crippen molar-refractivity contribution in [3.05, 3.63) is 41.9 Å². The van der Waals surface area contributed by atoms with Crippen molar-refractivity contribution in [1.82, 2.24) is 19.7 Å². The number of anilines is 1. The average Bonchev–Trinajstić information content (AvgIpc) is 2.95. The zero-order valence-electron chi connectivity index (χ0n) is 10.7. The van der Waals surface area contributed by atoms with E-state index in [-0.39, 0.29) is 6.04 Å². The number of nitrogens with zero attached hydrogens (tertiary/aromatic N) is 3. The Hall–Kier alpha value is -2.34. The van der Waals surface area contributed by atoms with Crippen molar-refractivity contribution >= 4 is 16.9 Å². The molecule has 19 heavy (non-hydrogen) atoms. The Morgan fingerprint density at radius 1 is 1.37 bits per heavy atom. The molecule has 3 rings (SSSR count). The fraction of sp³-hybridized carbons (Fsp3) is 0.231. The largest absolute Gasteiger partial charge is 0.368 e. The molecule has 2 heterocycles. The zero-order chi connectivity index (χ0) is 13.4. The number of hydrogen-bond donors (Lipinski definition) is 3. The van der Waals surface area contributed by atoms with Gasteiger partial charge in [0.25, 0.3) is 0 Å². The summed E-state index contributed by atoms with van der Waals surface area (Å²) in [6, 6.07) is 7.88. The van der Waals surface area contributed by atoms with E-state index in [0.29, 0.717) is 18.2 Å². The summed E-state index contributed by atoms with van der Waals surface area (Å²) in [6.07, 6.45) is 2.66. The number of aromatic amines is 1. The molecule has 6 nitrogen and oxygen atoms in total. The molecule has 0 saturated carbocycles. The second-order valence-electron chi connectivity index (χ2n) is 4.62. The van der Waals surface area contributed by atoms with Crippen molar-refractivity contribution in [2.45, 2.75) is 12.5 Å². The van der Waals surface area contributed by atoms with Crippen LogP contribution in [0.25, 0.3) is 10.9 Å². The van der Waals surface area contributed by atoms with Gasteiger partial charge in [-0.3, -0.25) is 0 Å². The van der Waals surface area contributed by atoms with Crippen LogP contribution in [0, 0.1) is 0 Å². The van der Waals surface area contributed by atoms with Crippen molar-refractivity contribution < 1.29 is 0 Å². The van der Waals surface area contributed by atoms with E-state index in [2.05, 4.69) is 21.1 Å². The summed E-state index contributed by atoms with van der Waals surface area (Å²) in [5.74, 6) is 0.953. The number of nitrogens with one attached hydrogen (secondary N) is 1. The third-order valence-electron chi connectivity index (χ3n) is 3.26. The van der Waals surface area contributed by atoms with Gasteiger partial charge in [-0.05, 0) is 18.1 Å². The molecule has 98 valence electrons. The molecule has 0 aliphatic carbocycles.